The maximum atomic E-state index is 16.2. The van der Waals surface area contributed by atoms with E-state index < -0.39 is 34.7 Å². The molecule has 3 aromatic heterocycles. The van der Waals surface area contributed by atoms with Gasteiger partial charge in [0, 0.05) is 42.7 Å². The van der Waals surface area contributed by atoms with E-state index >= 15 is 4.39 Å². The number of carbonyl (C=O) groups excluding carboxylic acids is 1. The van der Waals surface area contributed by atoms with E-state index in [1.54, 1.807) is 64.8 Å². The van der Waals surface area contributed by atoms with Crippen molar-refractivity contribution in [3.05, 3.63) is 87.4 Å². The molecule has 1 aliphatic carbocycles. The Bertz CT molecular complexity index is 2190. The molecule has 13 heteroatoms. The topological polar surface area (TPSA) is 101 Å². The third-order valence-electron chi connectivity index (χ3n) is 10.0. The molecule has 0 unspecified atom stereocenters. The number of ether oxygens (including phenoxy) is 2. The molecule has 3 aliphatic rings. The van der Waals surface area contributed by atoms with Crippen LogP contribution in [0.5, 0.6) is 0 Å². The van der Waals surface area contributed by atoms with Crippen molar-refractivity contribution in [2.75, 3.05) is 13.2 Å². The van der Waals surface area contributed by atoms with Crippen molar-refractivity contribution in [3.8, 4) is 17.2 Å². The van der Waals surface area contributed by atoms with Crippen LogP contribution < -0.4 is 5.69 Å². The summed E-state index contributed by atoms with van der Waals surface area (Å²) in [6.45, 7) is 12.4. The summed E-state index contributed by atoms with van der Waals surface area (Å²) in [5.41, 5.74) is 1.85. The maximum absolute atomic E-state index is 16.2. The van der Waals surface area contributed by atoms with Gasteiger partial charge < -0.3 is 14.4 Å². The lowest BCUT2D eigenvalue weighted by molar-refractivity contribution is -0.0608. The van der Waals surface area contributed by atoms with Crippen LogP contribution >= 0.6 is 0 Å². The third kappa shape index (κ3) is 5.08. The second-order valence-electron chi connectivity index (χ2n) is 14.7. The van der Waals surface area contributed by atoms with Crippen LogP contribution in [0.4, 0.5) is 13.6 Å². The second-order valence-corrected chi connectivity index (χ2v) is 14.7. The molecule has 5 heterocycles. The summed E-state index contributed by atoms with van der Waals surface area (Å²) >= 11 is 0. The van der Waals surface area contributed by atoms with Crippen LogP contribution in [0.2, 0.25) is 0 Å². The first-order valence-corrected chi connectivity index (χ1v) is 16.7. The third-order valence-corrected chi connectivity index (χ3v) is 10.0. The van der Waals surface area contributed by atoms with Gasteiger partial charge >= 0.3 is 11.8 Å². The summed E-state index contributed by atoms with van der Waals surface area (Å²) in [5.74, 6) is -0.478. The first kappa shape index (κ1) is 31.5. The van der Waals surface area contributed by atoms with Gasteiger partial charge in [-0.2, -0.15) is 10.2 Å². The highest BCUT2D eigenvalue weighted by molar-refractivity contribution is 5.81. The predicted molar refractivity (Wildman–Crippen MR) is 178 cm³/mol. The lowest BCUT2D eigenvalue weighted by Crippen LogP contribution is -2.46. The normalized spacial score (nSPS) is 19.7. The lowest BCUT2D eigenvalue weighted by atomic mass is 9.88. The van der Waals surface area contributed by atoms with Crippen LogP contribution in [-0.2, 0) is 21.4 Å². The van der Waals surface area contributed by atoms with Crippen LogP contribution in [0.1, 0.15) is 75.4 Å². The summed E-state index contributed by atoms with van der Waals surface area (Å²) in [4.78, 5) is 29.7. The predicted octanol–water partition coefficient (Wildman–Crippen LogP) is 6.19. The number of amides is 1. The number of carbonyl (C=O) groups is 1. The van der Waals surface area contributed by atoms with Gasteiger partial charge in [0.1, 0.15) is 17.2 Å². The summed E-state index contributed by atoms with van der Waals surface area (Å²) < 4.78 is 48.4. The van der Waals surface area contributed by atoms with Crippen LogP contribution in [0, 0.1) is 25.5 Å². The van der Waals surface area contributed by atoms with E-state index in [1.807, 2.05) is 27.7 Å². The minimum Gasteiger partial charge on any atom is -0.444 e. The minimum atomic E-state index is -0.704. The van der Waals surface area contributed by atoms with Gasteiger partial charge in [0.15, 0.2) is 5.82 Å². The van der Waals surface area contributed by atoms with Gasteiger partial charge in [0.2, 0.25) is 0 Å². The molecule has 1 saturated carbocycles. The van der Waals surface area contributed by atoms with Crippen molar-refractivity contribution in [2.45, 2.75) is 90.5 Å². The molecule has 1 spiro atoms. The van der Waals surface area contributed by atoms with E-state index in [9.17, 15) is 14.0 Å². The molecular weight excluding hydrogens is 632 g/mol. The molecule has 2 fully saturated rings. The van der Waals surface area contributed by atoms with Gasteiger partial charge in [-0.15, -0.1) is 0 Å². The van der Waals surface area contributed by atoms with E-state index in [0.717, 1.165) is 25.0 Å². The zero-order chi connectivity index (χ0) is 34.6. The largest absolute Gasteiger partial charge is 0.444 e. The number of fused-ring (bicyclic) bond motifs is 3. The first-order valence-electron chi connectivity index (χ1n) is 16.7. The highest BCUT2D eigenvalue weighted by Gasteiger charge is 2.56. The number of hydrogen-bond donors (Lipinski definition) is 0. The average molecular weight is 672 g/mol. The summed E-state index contributed by atoms with van der Waals surface area (Å²) in [6.07, 6.45) is 6.91. The van der Waals surface area contributed by atoms with Gasteiger partial charge in [0.25, 0.3) is 0 Å². The molecule has 49 heavy (non-hydrogen) atoms. The number of halogens is 2. The number of rotatable bonds is 5. The van der Waals surface area contributed by atoms with Gasteiger partial charge in [0.05, 0.1) is 46.7 Å². The second kappa shape index (κ2) is 10.9. The van der Waals surface area contributed by atoms with Crippen LogP contribution in [0.25, 0.3) is 28.1 Å². The van der Waals surface area contributed by atoms with Crippen LogP contribution in [0.15, 0.2) is 47.7 Å². The molecule has 0 bridgehead atoms. The Morgan fingerprint density at radius 2 is 1.76 bits per heavy atom. The fourth-order valence-electron chi connectivity index (χ4n) is 7.17. The fraction of sp³-hybridized carbons (Fsp3) is 0.444. The van der Waals surface area contributed by atoms with E-state index in [1.165, 1.54) is 15.3 Å². The molecule has 256 valence electrons. The highest BCUT2D eigenvalue weighted by atomic mass is 19.1. The van der Waals surface area contributed by atoms with Crippen molar-refractivity contribution in [2.24, 2.45) is 0 Å². The maximum Gasteiger partial charge on any atom is 0.410 e. The number of benzene rings is 2. The van der Waals surface area contributed by atoms with E-state index in [0.29, 0.717) is 58.8 Å². The van der Waals surface area contributed by atoms with Crippen molar-refractivity contribution >= 4 is 17.0 Å². The molecule has 0 radical (unpaired) electrons. The van der Waals surface area contributed by atoms with Crippen molar-refractivity contribution in [3.63, 3.8) is 0 Å². The minimum absolute atomic E-state index is 0.0568. The molecule has 2 aliphatic heterocycles. The zero-order valence-corrected chi connectivity index (χ0v) is 28.5. The van der Waals surface area contributed by atoms with Crippen LogP contribution in [0.3, 0.4) is 0 Å². The summed E-state index contributed by atoms with van der Waals surface area (Å²) in [6, 6.07) is 6.12. The highest BCUT2D eigenvalue weighted by Crippen LogP contribution is 2.55. The fourth-order valence-corrected chi connectivity index (χ4v) is 7.17. The summed E-state index contributed by atoms with van der Waals surface area (Å²) in [5, 5.41) is 9.92. The van der Waals surface area contributed by atoms with Crippen molar-refractivity contribution < 1.29 is 23.0 Å². The number of aromatic nitrogens is 6. The van der Waals surface area contributed by atoms with Crippen molar-refractivity contribution in [1.29, 1.82) is 0 Å². The molecule has 1 saturated heterocycles. The molecular formula is C36H39F2N7O4. The Kier molecular flexibility index (Phi) is 6.98. The Morgan fingerprint density at radius 3 is 2.39 bits per heavy atom. The SMILES string of the molecule is Cc1cc(-n2nc3c(c2-n2ccn(-c4ccc5nn(C[C@@H]6CCO6)cc5c4F)c2=O)[C@H](C)N(C(=O)OC(C)(C)C)CC32CC2)cc(C)c1F. The average Bonchev–Trinajstić information content (AvgIpc) is 3.30. The zero-order valence-electron chi connectivity index (χ0n) is 28.5. The number of nitrogens with zero attached hydrogens (tertiary/aromatic N) is 7. The Hall–Kier alpha value is -4.78. The Labute approximate surface area is 281 Å². The molecule has 1 amide bonds. The lowest BCUT2D eigenvalue weighted by Gasteiger charge is -2.38. The molecule has 5 aromatic rings. The number of imidazole rings is 1. The van der Waals surface area contributed by atoms with Crippen LogP contribution in [-0.4, -0.2) is 64.5 Å². The molecule has 11 nitrogen and oxygen atoms in total. The van der Waals surface area contributed by atoms with E-state index in [2.05, 4.69) is 5.10 Å². The summed E-state index contributed by atoms with van der Waals surface area (Å²) in [7, 11) is 0. The van der Waals surface area contributed by atoms with Gasteiger partial charge in [-0.25, -0.2) is 23.1 Å². The van der Waals surface area contributed by atoms with Gasteiger partial charge in [-0.3, -0.25) is 13.8 Å². The molecule has 2 atom stereocenters. The molecule has 2 aromatic carbocycles. The van der Waals surface area contributed by atoms with Crippen molar-refractivity contribution in [1.82, 2.24) is 33.6 Å². The molecule has 8 rings (SSSR count). The molecule has 0 N–H and O–H groups in total. The monoisotopic (exact) mass is 671 g/mol. The first-order chi connectivity index (χ1) is 23.2. The van der Waals surface area contributed by atoms with E-state index in [4.69, 9.17) is 14.6 Å². The van der Waals surface area contributed by atoms with Gasteiger partial charge in [-0.1, -0.05) is 0 Å². The Balaban J connectivity index is 1.29. The Morgan fingerprint density at radius 1 is 1.06 bits per heavy atom. The number of hydrogen-bond acceptors (Lipinski definition) is 6. The number of aryl methyl sites for hydroxylation is 2. The van der Waals surface area contributed by atoms with E-state index in [-0.39, 0.29) is 17.6 Å². The van der Waals surface area contributed by atoms with Gasteiger partial charge in [-0.05, 0) is 96.2 Å². The quantitative estimate of drug-likeness (QED) is 0.221. The smallest absolute Gasteiger partial charge is 0.410 e. The standard InChI is InChI=1S/C36H39F2N7O4/c1-20-15-23(16-21(2)29(20)37)45-32(28-22(3)44(34(47)49-35(4,5)6)19-36(10-11-36)31(28)40-45)43-13-12-42(33(43)46)27-8-7-26-25(30(27)38)18-41(39-26)17-24-9-14-48-24/h7-8,12-13,15-16,18,22,24H,9-11,14,17,19H2,1-6H3/t22-,24-/m0/s1.